The highest BCUT2D eigenvalue weighted by Gasteiger charge is 2.09. The molecule has 0 saturated carbocycles. The van der Waals surface area contributed by atoms with Gasteiger partial charge in [0.25, 0.3) is 5.91 Å². The van der Waals surface area contributed by atoms with Gasteiger partial charge in [0, 0.05) is 14.8 Å². The van der Waals surface area contributed by atoms with Gasteiger partial charge in [-0.2, -0.15) is 0 Å². The molecule has 0 aliphatic rings. The zero-order valence-electron chi connectivity index (χ0n) is 9.58. The lowest BCUT2D eigenvalue weighted by atomic mass is 10.2. The molecule has 6 heteroatoms. The molecule has 2 aromatic rings. The molecule has 0 saturated heterocycles. The molecule has 2 aromatic carbocycles. The highest BCUT2D eigenvalue weighted by molar-refractivity contribution is 14.1. The predicted molar refractivity (Wildman–Crippen MR) is 88.0 cm³/mol. The zero-order valence-corrected chi connectivity index (χ0v) is 13.3. The number of nitrogens with two attached hydrogens (primary N) is 1. The summed E-state index contributed by atoms with van der Waals surface area (Å²) >= 11 is 13.9. The Bertz CT molecular complexity index is 647. The molecule has 3 nitrogen and oxygen atoms in total. The van der Waals surface area contributed by atoms with Crippen molar-refractivity contribution in [3.63, 3.8) is 0 Å². The number of amides is 1. The minimum Gasteiger partial charge on any atom is -0.397 e. The third-order valence-electron chi connectivity index (χ3n) is 2.44. The van der Waals surface area contributed by atoms with E-state index in [0.29, 0.717) is 27.0 Å². The van der Waals surface area contributed by atoms with E-state index in [1.807, 2.05) is 0 Å². The van der Waals surface area contributed by atoms with Crippen LogP contribution in [0.2, 0.25) is 10.0 Å². The van der Waals surface area contributed by atoms with Crippen LogP contribution in [0.15, 0.2) is 36.4 Å². The molecule has 0 aliphatic heterocycles. The van der Waals surface area contributed by atoms with Crippen LogP contribution >= 0.6 is 45.8 Å². The lowest BCUT2D eigenvalue weighted by molar-refractivity contribution is 0.102. The average molecular weight is 407 g/mol. The quantitative estimate of drug-likeness (QED) is 0.572. The van der Waals surface area contributed by atoms with Crippen LogP contribution in [0.25, 0.3) is 0 Å². The monoisotopic (exact) mass is 406 g/mol. The van der Waals surface area contributed by atoms with E-state index in [9.17, 15) is 4.79 Å². The second-order valence-corrected chi connectivity index (χ2v) is 5.80. The number of rotatable bonds is 2. The van der Waals surface area contributed by atoms with Crippen molar-refractivity contribution in [3.8, 4) is 0 Å². The van der Waals surface area contributed by atoms with Crippen molar-refractivity contribution in [1.82, 2.24) is 0 Å². The number of carbonyl (C=O) groups excluding carboxylic acids is 1. The van der Waals surface area contributed by atoms with Gasteiger partial charge in [0.2, 0.25) is 0 Å². The van der Waals surface area contributed by atoms with E-state index in [-0.39, 0.29) is 5.91 Å². The Kier molecular flexibility index (Phi) is 4.54. The van der Waals surface area contributed by atoms with Gasteiger partial charge in [0.15, 0.2) is 0 Å². The summed E-state index contributed by atoms with van der Waals surface area (Å²) in [6.45, 7) is 0. The normalized spacial score (nSPS) is 10.3. The number of nitrogen functional groups attached to an aromatic ring is 1. The highest BCUT2D eigenvalue weighted by Crippen LogP contribution is 2.24. The van der Waals surface area contributed by atoms with Crippen LogP contribution in [-0.2, 0) is 0 Å². The van der Waals surface area contributed by atoms with Crippen molar-refractivity contribution in [1.29, 1.82) is 0 Å². The van der Waals surface area contributed by atoms with Gasteiger partial charge in [-0.15, -0.1) is 0 Å². The number of anilines is 2. The smallest absolute Gasteiger partial charge is 0.255 e. The molecule has 19 heavy (non-hydrogen) atoms. The van der Waals surface area contributed by atoms with Gasteiger partial charge in [0.05, 0.1) is 15.7 Å². The molecule has 2 rings (SSSR count). The van der Waals surface area contributed by atoms with E-state index in [0.717, 1.165) is 3.57 Å². The van der Waals surface area contributed by atoms with Crippen LogP contribution < -0.4 is 11.1 Å². The van der Waals surface area contributed by atoms with Gasteiger partial charge in [-0.05, 0) is 59.0 Å². The number of benzene rings is 2. The zero-order chi connectivity index (χ0) is 14.0. The maximum atomic E-state index is 12.0. The van der Waals surface area contributed by atoms with Crippen molar-refractivity contribution in [2.45, 2.75) is 0 Å². The summed E-state index contributed by atoms with van der Waals surface area (Å²) < 4.78 is 0.895. The van der Waals surface area contributed by atoms with Crippen LogP contribution in [0.1, 0.15) is 10.4 Å². The summed E-state index contributed by atoms with van der Waals surface area (Å²) in [7, 11) is 0. The maximum Gasteiger partial charge on any atom is 0.255 e. The molecule has 0 aliphatic carbocycles. The fourth-order valence-corrected chi connectivity index (χ4v) is 2.10. The predicted octanol–water partition coefficient (Wildman–Crippen LogP) is 4.43. The minimum absolute atomic E-state index is 0.250. The molecule has 0 spiro atoms. The topological polar surface area (TPSA) is 55.1 Å². The van der Waals surface area contributed by atoms with Crippen LogP contribution in [0, 0.1) is 3.57 Å². The number of carbonyl (C=O) groups is 1. The van der Waals surface area contributed by atoms with Crippen molar-refractivity contribution in [2.24, 2.45) is 0 Å². The number of hydrogen-bond donors (Lipinski definition) is 2. The number of halogens is 3. The first-order valence-electron chi connectivity index (χ1n) is 5.29. The minimum atomic E-state index is -0.250. The van der Waals surface area contributed by atoms with Gasteiger partial charge in [-0.1, -0.05) is 23.2 Å². The van der Waals surface area contributed by atoms with E-state index in [1.165, 1.54) is 0 Å². The molecule has 98 valence electrons. The Balaban J connectivity index is 2.20. The molecule has 0 fully saturated rings. The van der Waals surface area contributed by atoms with E-state index < -0.39 is 0 Å². The van der Waals surface area contributed by atoms with Gasteiger partial charge in [-0.25, -0.2) is 0 Å². The fourth-order valence-electron chi connectivity index (χ4n) is 1.46. The van der Waals surface area contributed by atoms with Crippen molar-refractivity contribution in [2.75, 3.05) is 11.1 Å². The van der Waals surface area contributed by atoms with Crippen molar-refractivity contribution in [3.05, 3.63) is 55.6 Å². The van der Waals surface area contributed by atoms with Crippen LogP contribution in [0.4, 0.5) is 11.4 Å². The van der Waals surface area contributed by atoms with E-state index in [2.05, 4.69) is 27.9 Å². The fraction of sp³-hybridized carbons (Fsp3) is 0. The van der Waals surface area contributed by atoms with Crippen LogP contribution in [0.3, 0.4) is 0 Å². The standard InChI is InChI=1S/C13H9Cl2IN2O/c14-9-3-2-8(6-12(9)17)18-13(19)7-1-4-11(16)10(15)5-7/h1-6H,17H2,(H,18,19). The SMILES string of the molecule is Nc1cc(NC(=O)c2ccc(I)c(Cl)c2)ccc1Cl. The highest BCUT2D eigenvalue weighted by atomic mass is 127. The molecule has 0 unspecified atom stereocenters. The van der Waals surface area contributed by atoms with Crippen molar-refractivity contribution >= 4 is 63.1 Å². The molecular formula is C13H9Cl2IN2O. The first kappa shape index (κ1) is 14.4. The molecular weight excluding hydrogens is 398 g/mol. The third-order valence-corrected chi connectivity index (χ3v) is 4.35. The van der Waals surface area contributed by atoms with Gasteiger partial charge in [0.1, 0.15) is 0 Å². The average Bonchev–Trinajstić information content (AvgIpc) is 2.37. The van der Waals surface area contributed by atoms with Gasteiger partial charge < -0.3 is 11.1 Å². The van der Waals surface area contributed by atoms with Crippen molar-refractivity contribution < 1.29 is 4.79 Å². The molecule has 0 heterocycles. The Labute approximate surface area is 134 Å². The lowest BCUT2D eigenvalue weighted by Gasteiger charge is -2.07. The largest absolute Gasteiger partial charge is 0.397 e. The summed E-state index contributed by atoms with van der Waals surface area (Å²) in [5.74, 6) is -0.250. The lowest BCUT2D eigenvalue weighted by Crippen LogP contribution is -2.12. The summed E-state index contributed by atoms with van der Waals surface area (Å²) in [6, 6.07) is 10.0. The summed E-state index contributed by atoms with van der Waals surface area (Å²) in [4.78, 5) is 12.0. The Morgan fingerprint density at radius 2 is 1.84 bits per heavy atom. The molecule has 0 aromatic heterocycles. The second-order valence-electron chi connectivity index (χ2n) is 3.82. The molecule has 3 N–H and O–H groups in total. The Morgan fingerprint density at radius 1 is 1.11 bits per heavy atom. The molecule has 1 amide bonds. The third kappa shape index (κ3) is 3.52. The van der Waals surface area contributed by atoms with E-state index in [4.69, 9.17) is 28.9 Å². The second kappa shape index (κ2) is 5.98. The van der Waals surface area contributed by atoms with Crippen LogP contribution in [-0.4, -0.2) is 5.91 Å². The summed E-state index contributed by atoms with van der Waals surface area (Å²) in [5, 5.41) is 3.73. The first-order chi connectivity index (χ1) is 8.97. The molecule has 0 radical (unpaired) electrons. The number of nitrogens with one attached hydrogen (secondary N) is 1. The van der Waals surface area contributed by atoms with Crippen LogP contribution in [0.5, 0.6) is 0 Å². The summed E-state index contributed by atoms with van der Waals surface area (Å²) in [6.07, 6.45) is 0. The van der Waals surface area contributed by atoms with Gasteiger partial charge in [-0.3, -0.25) is 4.79 Å². The Morgan fingerprint density at radius 3 is 2.47 bits per heavy atom. The van der Waals surface area contributed by atoms with E-state index in [1.54, 1.807) is 36.4 Å². The van der Waals surface area contributed by atoms with E-state index >= 15 is 0 Å². The van der Waals surface area contributed by atoms with Gasteiger partial charge >= 0.3 is 0 Å². The first-order valence-corrected chi connectivity index (χ1v) is 7.12. The Hall–Kier alpha value is -0.980. The molecule has 0 atom stereocenters. The maximum absolute atomic E-state index is 12.0. The molecule has 0 bridgehead atoms. The number of hydrogen-bond acceptors (Lipinski definition) is 2. The summed E-state index contributed by atoms with van der Waals surface area (Å²) in [5.41, 5.74) is 7.16.